The van der Waals surface area contributed by atoms with E-state index in [0.29, 0.717) is 12.1 Å². The number of likely N-dealkylation sites (tertiary alicyclic amines) is 1. The highest BCUT2D eigenvalue weighted by molar-refractivity contribution is 5.95. The Morgan fingerprint density at radius 2 is 2.27 bits per heavy atom. The zero-order valence-corrected chi connectivity index (χ0v) is 14.1. The molecule has 0 saturated carbocycles. The number of carbonyl (C=O) groups excluding carboxylic acids is 1. The molecule has 5 nitrogen and oxygen atoms in total. The fourth-order valence-corrected chi connectivity index (χ4v) is 2.69. The molecule has 2 heterocycles. The molecule has 122 valence electrons. The summed E-state index contributed by atoms with van der Waals surface area (Å²) in [6, 6.07) is 0. The molecule has 0 radical (unpaired) electrons. The van der Waals surface area contributed by atoms with Gasteiger partial charge in [-0.25, -0.2) is 9.97 Å². The Morgan fingerprint density at radius 1 is 1.50 bits per heavy atom. The molecule has 0 spiro atoms. The van der Waals surface area contributed by atoms with Gasteiger partial charge in [-0.1, -0.05) is 20.8 Å². The summed E-state index contributed by atoms with van der Waals surface area (Å²) in [5.41, 5.74) is 1.38. The summed E-state index contributed by atoms with van der Waals surface area (Å²) < 4.78 is 5.80. The number of carbonyl (C=O) groups is 1. The van der Waals surface area contributed by atoms with Crippen molar-refractivity contribution >= 4 is 5.91 Å². The molecule has 1 atom stereocenters. The number of aromatic nitrogens is 2. The van der Waals surface area contributed by atoms with Crippen LogP contribution in [0.2, 0.25) is 0 Å². The Kier molecular flexibility index (Phi) is 5.89. The van der Waals surface area contributed by atoms with E-state index < -0.39 is 0 Å². The lowest BCUT2D eigenvalue weighted by Gasteiger charge is -2.32. The maximum absolute atomic E-state index is 12.7. The van der Waals surface area contributed by atoms with Crippen LogP contribution >= 0.6 is 0 Å². The minimum Gasteiger partial charge on any atom is -0.376 e. The number of hydrogen-bond donors (Lipinski definition) is 0. The molecule has 0 N–H and O–H groups in total. The van der Waals surface area contributed by atoms with Crippen molar-refractivity contribution in [2.45, 2.75) is 59.0 Å². The lowest BCUT2D eigenvalue weighted by Crippen LogP contribution is -2.43. The second-order valence-electron chi connectivity index (χ2n) is 6.27. The molecule has 5 heteroatoms. The maximum Gasteiger partial charge on any atom is 0.257 e. The van der Waals surface area contributed by atoms with Gasteiger partial charge in [0.25, 0.3) is 5.91 Å². The van der Waals surface area contributed by atoms with E-state index in [4.69, 9.17) is 4.74 Å². The molecule has 1 unspecified atom stereocenters. The molecule has 0 aliphatic carbocycles. The summed E-state index contributed by atoms with van der Waals surface area (Å²) in [4.78, 5) is 23.4. The Labute approximate surface area is 133 Å². The predicted octanol–water partition coefficient (Wildman–Crippen LogP) is 2.94. The minimum absolute atomic E-state index is 0.0256. The highest BCUT2D eigenvalue weighted by Crippen LogP contribution is 2.18. The van der Waals surface area contributed by atoms with Crippen LogP contribution < -0.4 is 0 Å². The second kappa shape index (κ2) is 7.68. The van der Waals surface area contributed by atoms with E-state index in [-0.39, 0.29) is 17.9 Å². The monoisotopic (exact) mass is 305 g/mol. The van der Waals surface area contributed by atoms with Gasteiger partial charge >= 0.3 is 0 Å². The van der Waals surface area contributed by atoms with E-state index in [2.05, 4.69) is 30.7 Å². The standard InChI is InChI=1S/C17H27N3O2/c1-5-9-22-14-7-6-8-20(11-14)17(21)15-10-18-16(12(2)3)19-13(15)4/h10,12,14H,5-9,11H2,1-4H3. The predicted molar refractivity (Wildman–Crippen MR) is 86.0 cm³/mol. The van der Waals surface area contributed by atoms with Gasteiger partial charge in [0, 0.05) is 31.8 Å². The summed E-state index contributed by atoms with van der Waals surface area (Å²) in [7, 11) is 0. The van der Waals surface area contributed by atoms with Crippen molar-refractivity contribution in [2.24, 2.45) is 0 Å². The Morgan fingerprint density at radius 3 is 2.91 bits per heavy atom. The van der Waals surface area contributed by atoms with Crippen molar-refractivity contribution in [3.05, 3.63) is 23.3 Å². The van der Waals surface area contributed by atoms with Crippen LogP contribution in [-0.2, 0) is 4.74 Å². The summed E-state index contributed by atoms with van der Waals surface area (Å²) in [6.45, 7) is 10.3. The normalized spacial score (nSPS) is 18.8. The lowest BCUT2D eigenvalue weighted by molar-refractivity contribution is 0.00205. The zero-order chi connectivity index (χ0) is 16.1. The molecule has 1 aromatic heterocycles. The van der Waals surface area contributed by atoms with Crippen LogP contribution in [0.5, 0.6) is 0 Å². The van der Waals surface area contributed by atoms with Crippen LogP contribution in [0.25, 0.3) is 0 Å². The molecule has 1 amide bonds. The Bertz CT molecular complexity index is 517. The molecule has 0 bridgehead atoms. The first-order valence-electron chi connectivity index (χ1n) is 8.27. The topological polar surface area (TPSA) is 55.3 Å². The highest BCUT2D eigenvalue weighted by atomic mass is 16.5. The maximum atomic E-state index is 12.7. The van der Waals surface area contributed by atoms with E-state index in [9.17, 15) is 4.79 Å². The van der Waals surface area contributed by atoms with Crippen molar-refractivity contribution < 1.29 is 9.53 Å². The Hall–Kier alpha value is -1.49. The van der Waals surface area contributed by atoms with Gasteiger partial charge in [0.2, 0.25) is 0 Å². The average molecular weight is 305 g/mol. The zero-order valence-electron chi connectivity index (χ0n) is 14.1. The van der Waals surface area contributed by atoms with Crippen molar-refractivity contribution in [1.29, 1.82) is 0 Å². The number of piperidine rings is 1. The smallest absolute Gasteiger partial charge is 0.257 e. The molecule has 1 aromatic rings. The van der Waals surface area contributed by atoms with Crippen molar-refractivity contribution in [2.75, 3.05) is 19.7 Å². The third kappa shape index (κ3) is 4.03. The number of ether oxygens (including phenoxy) is 1. The van der Waals surface area contributed by atoms with E-state index in [1.807, 2.05) is 11.8 Å². The van der Waals surface area contributed by atoms with Crippen LogP contribution in [0, 0.1) is 6.92 Å². The van der Waals surface area contributed by atoms with Crippen molar-refractivity contribution in [1.82, 2.24) is 14.9 Å². The number of nitrogens with zero attached hydrogens (tertiary/aromatic N) is 3. The summed E-state index contributed by atoms with van der Waals surface area (Å²) in [5.74, 6) is 1.08. The van der Waals surface area contributed by atoms with Gasteiger partial charge in [0.1, 0.15) is 5.82 Å². The van der Waals surface area contributed by atoms with Crippen LogP contribution in [0.4, 0.5) is 0 Å². The van der Waals surface area contributed by atoms with Gasteiger partial charge in [-0.3, -0.25) is 4.79 Å². The number of hydrogen-bond acceptors (Lipinski definition) is 4. The summed E-state index contributed by atoms with van der Waals surface area (Å²) >= 11 is 0. The van der Waals surface area contributed by atoms with Crippen molar-refractivity contribution in [3.63, 3.8) is 0 Å². The minimum atomic E-state index is 0.0256. The quantitative estimate of drug-likeness (QED) is 0.839. The van der Waals surface area contributed by atoms with Gasteiger partial charge < -0.3 is 9.64 Å². The van der Waals surface area contributed by atoms with E-state index in [1.54, 1.807) is 6.20 Å². The third-order valence-electron chi connectivity index (χ3n) is 3.97. The van der Waals surface area contributed by atoms with E-state index >= 15 is 0 Å². The van der Waals surface area contributed by atoms with Crippen LogP contribution in [0.3, 0.4) is 0 Å². The molecule has 1 fully saturated rings. The number of rotatable bonds is 5. The SMILES string of the molecule is CCCOC1CCCN(C(=O)c2cnc(C(C)C)nc2C)C1. The van der Waals surface area contributed by atoms with Crippen LogP contribution in [0.1, 0.15) is 67.8 Å². The molecule has 1 aliphatic rings. The fourth-order valence-electron chi connectivity index (χ4n) is 2.69. The Balaban J connectivity index is 2.07. The first kappa shape index (κ1) is 16.9. The van der Waals surface area contributed by atoms with Crippen molar-refractivity contribution in [3.8, 4) is 0 Å². The van der Waals surface area contributed by atoms with Crippen LogP contribution in [0.15, 0.2) is 6.20 Å². The molecule has 1 aliphatic heterocycles. The van der Waals surface area contributed by atoms with Gasteiger partial charge in [0.15, 0.2) is 0 Å². The van der Waals surface area contributed by atoms with E-state index in [1.165, 1.54) is 0 Å². The molecule has 0 aromatic carbocycles. The summed E-state index contributed by atoms with van der Waals surface area (Å²) in [6.07, 6.45) is 4.87. The average Bonchev–Trinajstić information content (AvgIpc) is 2.52. The third-order valence-corrected chi connectivity index (χ3v) is 3.97. The molecular weight excluding hydrogens is 278 g/mol. The number of amides is 1. The van der Waals surface area contributed by atoms with E-state index in [0.717, 1.165) is 43.9 Å². The fraction of sp³-hybridized carbons (Fsp3) is 0.706. The summed E-state index contributed by atoms with van der Waals surface area (Å²) in [5, 5.41) is 0. The van der Waals surface area contributed by atoms with Gasteiger partial charge in [-0.05, 0) is 26.2 Å². The number of aryl methyl sites for hydroxylation is 1. The molecule has 1 saturated heterocycles. The van der Waals surface area contributed by atoms with Gasteiger partial charge in [-0.15, -0.1) is 0 Å². The molecule has 2 rings (SSSR count). The highest BCUT2D eigenvalue weighted by Gasteiger charge is 2.26. The first-order chi connectivity index (χ1) is 10.5. The second-order valence-corrected chi connectivity index (χ2v) is 6.27. The lowest BCUT2D eigenvalue weighted by atomic mass is 10.1. The van der Waals surface area contributed by atoms with Crippen LogP contribution in [-0.4, -0.2) is 46.6 Å². The first-order valence-corrected chi connectivity index (χ1v) is 8.27. The largest absolute Gasteiger partial charge is 0.376 e. The van der Waals surface area contributed by atoms with Gasteiger partial charge in [-0.2, -0.15) is 0 Å². The molecule has 22 heavy (non-hydrogen) atoms. The van der Waals surface area contributed by atoms with Gasteiger partial charge in [0.05, 0.1) is 17.4 Å². The molecular formula is C17H27N3O2.